The van der Waals surface area contributed by atoms with Gasteiger partial charge in [0, 0.05) is 12.0 Å². The highest BCUT2D eigenvalue weighted by Crippen LogP contribution is 2.36. The first-order chi connectivity index (χ1) is 9.52. The van der Waals surface area contributed by atoms with Gasteiger partial charge >= 0.3 is 0 Å². The summed E-state index contributed by atoms with van der Waals surface area (Å²) in [7, 11) is 0. The van der Waals surface area contributed by atoms with Crippen LogP contribution in [0.1, 0.15) is 28.7 Å². The lowest BCUT2D eigenvalue weighted by Gasteiger charge is -2.15. The molecule has 1 heterocycles. The average Bonchev–Trinajstić information content (AvgIpc) is 2.91. The van der Waals surface area contributed by atoms with E-state index in [2.05, 4.69) is 29.4 Å². The molecule has 2 N–H and O–H groups in total. The molecule has 1 aliphatic heterocycles. The maximum absolute atomic E-state index is 9.96. The van der Waals surface area contributed by atoms with Crippen molar-refractivity contribution in [3.63, 3.8) is 0 Å². The van der Waals surface area contributed by atoms with E-state index >= 15 is 0 Å². The van der Waals surface area contributed by atoms with Crippen LogP contribution in [0.15, 0.2) is 22.4 Å². The van der Waals surface area contributed by atoms with Gasteiger partial charge < -0.3 is 15.2 Å². The van der Waals surface area contributed by atoms with E-state index in [0.29, 0.717) is 12.1 Å². The molecular formula is C15H18N2O3. The quantitative estimate of drug-likeness (QED) is 0.607. The van der Waals surface area contributed by atoms with Crippen LogP contribution >= 0.6 is 0 Å². The molecule has 0 saturated heterocycles. The molecule has 1 saturated carbocycles. The van der Waals surface area contributed by atoms with Crippen molar-refractivity contribution in [2.45, 2.75) is 39.4 Å². The van der Waals surface area contributed by atoms with Crippen molar-refractivity contribution < 1.29 is 15.2 Å². The average molecular weight is 274 g/mol. The van der Waals surface area contributed by atoms with E-state index in [1.54, 1.807) is 0 Å². The molecule has 1 aliphatic carbocycles. The molecule has 2 aliphatic rings. The summed E-state index contributed by atoms with van der Waals surface area (Å²) in [5, 5.41) is 26.6. The summed E-state index contributed by atoms with van der Waals surface area (Å²) in [4.78, 5) is 5.37. The Bertz CT molecular complexity index is 599. The highest BCUT2D eigenvalue weighted by molar-refractivity contribution is 6.18. The molecule has 0 unspecified atom stereocenters. The van der Waals surface area contributed by atoms with Crippen LogP contribution in [0.2, 0.25) is 0 Å². The highest BCUT2D eigenvalue weighted by atomic mass is 16.7. The Balaban J connectivity index is 2.08. The molecule has 1 aromatic rings. The first-order valence-corrected chi connectivity index (χ1v) is 6.73. The summed E-state index contributed by atoms with van der Waals surface area (Å²) in [6.45, 7) is 6.12. The Labute approximate surface area is 117 Å². The molecule has 3 rings (SSSR count). The van der Waals surface area contributed by atoms with Crippen LogP contribution in [0.25, 0.3) is 0 Å². The third-order valence-corrected chi connectivity index (χ3v) is 4.11. The Morgan fingerprint density at radius 3 is 2.50 bits per heavy atom. The molecule has 0 bridgehead atoms. The van der Waals surface area contributed by atoms with Gasteiger partial charge in [-0.2, -0.15) is 0 Å². The second-order valence-electron chi connectivity index (χ2n) is 5.66. The summed E-state index contributed by atoms with van der Waals surface area (Å²) < 4.78 is 0. The lowest BCUT2D eigenvalue weighted by Crippen LogP contribution is -2.29. The van der Waals surface area contributed by atoms with Gasteiger partial charge in [-0.1, -0.05) is 28.0 Å². The minimum Gasteiger partial charge on any atom is -0.411 e. The van der Waals surface area contributed by atoms with E-state index in [4.69, 9.17) is 10.0 Å². The van der Waals surface area contributed by atoms with Crippen LogP contribution < -0.4 is 0 Å². The number of rotatable bonds is 1. The van der Waals surface area contributed by atoms with Crippen LogP contribution in [-0.2, 0) is 4.84 Å². The van der Waals surface area contributed by atoms with Gasteiger partial charge in [0.15, 0.2) is 6.10 Å². The monoisotopic (exact) mass is 274 g/mol. The van der Waals surface area contributed by atoms with Crippen molar-refractivity contribution in [2.75, 3.05) is 0 Å². The van der Waals surface area contributed by atoms with Crippen molar-refractivity contribution in [1.29, 1.82) is 0 Å². The summed E-state index contributed by atoms with van der Waals surface area (Å²) in [6.07, 6.45) is -0.774. The second kappa shape index (κ2) is 4.59. The van der Waals surface area contributed by atoms with Crippen LogP contribution in [0, 0.1) is 26.7 Å². The first-order valence-electron chi connectivity index (χ1n) is 6.73. The number of hydrogen-bond acceptors (Lipinski definition) is 5. The Hall–Kier alpha value is -1.88. The molecule has 1 fully saturated rings. The SMILES string of the molecule is Cc1cc(C)c(C2=NO[C@@H]3[C@@H](O)C/C(=N\O)[C@H]23)c(C)c1. The number of oxime groups is 2. The number of aryl methyl sites for hydroxylation is 3. The van der Waals surface area contributed by atoms with Gasteiger partial charge in [0.25, 0.3) is 0 Å². The topological polar surface area (TPSA) is 74.4 Å². The molecule has 1 aromatic carbocycles. The van der Waals surface area contributed by atoms with E-state index in [9.17, 15) is 5.11 Å². The summed E-state index contributed by atoms with van der Waals surface area (Å²) in [5.74, 6) is -0.255. The van der Waals surface area contributed by atoms with Gasteiger partial charge in [-0.25, -0.2) is 0 Å². The van der Waals surface area contributed by atoms with Crippen molar-refractivity contribution in [3.8, 4) is 0 Å². The normalized spacial score (nSPS) is 30.3. The third kappa shape index (κ3) is 1.81. The minimum atomic E-state index is -0.668. The fourth-order valence-corrected chi connectivity index (χ4v) is 3.38. The van der Waals surface area contributed by atoms with E-state index in [1.807, 2.05) is 13.8 Å². The number of fused-ring (bicyclic) bond motifs is 1. The van der Waals surface area contributed by atoms with Crippen molar-refractivity contribution in [3.05, 3.63) is 34.4 Å². The van der Waals surface area contributed by atoms with Crippen LogP contribution in [0.3, 0.4) is 0 Å². The molecule has 106 valence electrons. The maximum Gasteiger partial charge on any atom is 0.167 e. The number of hydrogen-bond donors (Lipinski definition) is 2. The van der Waals surface area contributed by atoms with Gasteiger partial charge in [0.1, 0.15) is 5.71 Å². The molecule has 0 spiro atoms. The lowest BCUT2D eigenvalue weighted by atomic mass is 9.87. The van der Waals surface area contributed by atoms with E-state index in [0.717, 1.165) is 22.4 Å². The molecule has 3 atom stereocenters. The van der Waals surface area contributed by atoms with Gasteiger partial charge in [-0.05, 0) is 31.9 Å². The van der Waals surface area contributed by atoms with Crippen LogP contribution in [-0.4, -0.2) is 33.9 Å². The third-order valence-electron chi connectivity index (χ3n) is 4.11. The summed E-state index contributed by atoms with van der Waals surface area (Å²) in [5.41, 5.74) is 5.75. The predicted octanol–water partition coefficient (Wildman–Crippen LogP) is 1.93. The zero-order chi connectivity index (χ0) is 14.4. The largest absolute Gasteiger partial charge is 0.411 e. The zero-order valence-electron chi connectivity index (χ0n) is 11.8. The molecule has 0 aromatic heterocycles. The molecule has 0 radical (unpaired) electrons. The molecule has 20 heavy (non-hydrogen) atoms. The van der Waals surface area contributed by atoms with Crippen molar-refractivity contribution in [2.24, 2.45) is 16.2 Å². The van der Waals surface area contributed by atoms with E-state index < -0.39 is 12.2 Å². The Kier molecular flexibility index (Phi) is 3.01. The fourth-order valence-electron chi connectivity index (χ4n) is 3.38. The number of benzene rings is 1. The second-order valence-corrected chi connectivity index (χ2v) is 5.66. The lowest BCUT2D eigenvalue weighted by molar-refractivity contribution is -0.00997. The summed E-state index contributed by atoms with van der Waals surface area (Å²) >= 11 is 0. The standard InChI is InChI=1S/C15H18N2O3/c1-7-4-8(2)12(9(3)5-7)14-13-10(16-19)6-11(18)15(13)20-17-14/h4-5,11,13,15,18-19H,6H2,1-3H3/b16-10+/t11-,13+,15+/m0/s1. The Morgan fingerprint density at radius 1 is 1.25 bits per heavy atom. The highest BCUT2D eigenvalue weighted by Gasteiger charge is 2.50. The Morgan fingerprint density at radius 2 is 1.90 bits per heavy atom. The molecule has 0 amide bonds. The predicted molar refractivity (Wildman–Crippen MR) is 75.4 cm³/mol. The van der Waals surface area contributed by atoms with Crippen LogP contribution in [0.5, 0.6) is 0 Å². The van der Waals surface area contributed by atoms with E-state index in [1.165, 1.54) is 5.56 Å². The minimum absolute atomic E-state index is 0.255. The molecule has 5 nitrogen and oxygen atoms in total. The first kappa shape index (κ1) is 13.1. The van der Waals surface area contributed by atoms with Crippen LogP contribution in [0.4, 0.5) is 0 Å². The fraction of sp³-hybridized carbons (Fsp3) is 0.467. The number of aliphatic hydroxyl groups excluding tert-OH is 1. The maximum atomic E-state index is 9.96. The smallest absolute Gasteiger partial charge is 0.167 e. The summed E-state index contributed by atoms with van der Waals surface area (Å²) in [6, 6.07) is 4.19. The number of nitrogens with zero attached hydrogens (tertiary/aromatic N) is 2. The van der Waals surface area contributed by atoms with Gasteiger partial charge in [0.2, 0.25) is 0 Å². The van der Waals surface area contributed by atoms with Gasteiger partial charge in [-0.3, -0.25) is 0 Å². The number of aliphatic hydroxyl groups is 1. The van der Waals surface area contributed by atoms with E-state index in [-0.39, 0.29) is 5.92 Å². The van der Waals surface area contributed by atoms with Crippen molar-refractivity contribution >= 4 is 11.4 Å². The molecular weight excluding hydrogens is 256 g/mol. The van der Waals surface area contributed by atoms with Gasteiger partial charge in [-0.15, -0.1) is 0 Å². The van der Waals surface area contributed by atoms with Gasteiger partial charge in [0.05, 0.1) is 17.7 Å². The van der Waals surface area contributed by atoms with Crippen molar-refractivity contribution in [1.82, 2.24) is 0 Å². The zero-order valence-corrected chi connectivity index (χ0v) is 11.8. The molecule has 5 heteroatoms.